The van der Waals surface area contributed by atoms with Crippen LogP contribution in [0.4, 0.5) is 0 Å². The topological polar surface area (TPSA) is 0 Å². The van der Waals surface area contributed by atoms with Gasteiger partial charge in [0.15, 0.2) is 0 Å². The summed E-state index contributed by atoms with van der Waals surface area (Å²) < 4.78 is 0. The van der Waals surface area contributed by atoms with E-state index in [1.54, 1.807) is 0 Å². The summed E-state index contributed by atoms with van der Waals surface area (Å²) in [6.07, 6.45) is 5.72. The second-order valence-electron chi connectivity index (χ2n) is 27.7. The fourth-order valence-corrected chi connectivity index (χ4v) is 8.63. The van der Waals surface area contributed by atoms with Crippen LogP contribution in [0.15, 0.2) is 182 Å². The van der Waals surface area contributed by atoms with Gasteiger partial charge in [0.2, 0.25) is 0 Å². The molecule has 0 saturated heterocycles. The molecule has 7 aromatic carbocycles. The number of rotatable bonds is 7. The highest BCUT2D eigenvalue weighted by atomic mass is 14.2. The first kappa shape index (κ1) is 61.8. The van der Waals surface area contributed by atoms with Crippen LogP contribution in [-0.4, -0.2) is 0 Å². The number of benzene rings is 7. The van der Waals surface area contributed by atoms with E-state index in [9.17, 15) is 0 Å². The Hall–Kier alpha value is -5.46. The minimum Gasteiger partial charge on any atom is -0.0622 e. The minimum atomic E-state index is 0.264. The van der Waals surface area contributed by atoms with E-state index < -0.39 is 0 Å². The van der Waals surface area contributed by atoms with Gasteiger partial charge in [-0.05, 0) is 145 Å². The fourth-order valence-electron chi connectivity index (χ4n) is 8.63. The molecule has 0 spiro atoms. The van der Waals surface area contributed by atoms with Gasteiger partial charge in [-0.25, -0.2) is 0 Å². The van der Waals surface area contributed by atoms with Gasteiger partial charge < -0.3 is 0 Å². The molecule has 0 amide bonds. The summed E-state index contributed by atoms with van der Waals surface area (Å²) in [5.41, 5.74) is 18.7. The molecule has 0 saturated carbocycles. The monoisotopic (exact) mass is 977 g/mol. The fraction of sp³-hybridized carbons (Fsp3) is 0.425. The van der Waals surface area contributed by atoms with Crippen molar-refractivity contribution in [3.8, 4) is 22.3 Å². The van der Waals surface area contributed by atoms with Gasteiger partial charge in [-0.1, -0.05) is 307 Å². The Kier molecular flexibility index (Phi) is 23.5. The third kappa shape index (κ3) is 27.4. The highest BCUT2D eigenvalue weighted by Crippen LogP contribution is 2.28. The Labute approximate surface area is 449 Å². The van der Waals surface area contributed by atoms with Gasteiger partial charge in [0.05, 0.1) is 0 Å². The van der Waals surface area contributed by atoms with E-state index in [-0.39, 0.29) is 5.41 Å². The molecule has 73 heavy (non-hydrogen) atoms. The van der Waals surface area contributed by atoms with E-state index in [4.69, 9.17) is 0 Å². The standard InChI is InChI=1S/2C17H20.C15H24.C13H20.C11H16/c1-17(2,3)13-14-8-7-11-16(12-14)15-9-5-4-6-10-15;1-17(2,3)13-14-9-11-16(12-10-14)15-7-5-4-6-8-15;1-14(2,3)11-12-7-9-13(10-8-12)15(4,5)6;1-10-6-7-12(8-11(10)2)9-13(3,4)5;1-11(2,3)9-10-7-5-4-6-8-10/h2*4-12H,13H2,1-3H3;7-10H,11H2,1-6H3;6-8H,9H2,1-5H3;4-8H,9H2,1-3H3. The van der Waals surface area contributed by atoms with Crippen molar-refractivity contribution in [3.63, 3.8) is 0 Å². The van der Waals surface area contributed by atoms with E-state index in [0.717, 1.165) is 32.1 Å². The summed E-state index contributed by atoms with van der Waals surface area (Å²) in [5.74, 6) is 0. The molecule has 0 fully saturated rings. The largest absolute Gasteiger partial charge is 0.0622 e. The van der Waals surface area contributed by atoms with Gasteiger partial charge in [-0.15, -0.1) is 0 Å². The molecule has 0 radical (unpaired) electrons. The lowest BCUT2D eigenvalue weighted by Gasteiger charge is -2.21. The smallest absolute Gasteiger partial charge is 0.0132 e. The van der Waals surface area contributed by atoms with Crippen molar-refractivity contribution in [1.29, 1.82) is 0 Å². The molecule has 7 rings (SSSR count). The van der Waals surface area contributed by atoms with Crippen molar-refractivity contribution < 1.29 is 0 Å². The lowest BCUT2D eigenvalue weighted by molar-refractivity contribution is 0.411. The van der Waals surface area contributed by atoms with Crippen LogP contribution >= 0.6 is 0 Å². The zero-order chi connectivity index (χ0) is 54.7. The molecule has 0 aliphatic heterocycles. The van der Waals surface area contributed by atoms with Gasteiger partial charge in [0.25, 0.3) is 0 Å². The minimum absolute atomic E-state index is 0.264. The van der Waals surface area contributed by atoms with Crippen molar-refractivity contribution in [1.82, 2.24) is 0 Å². The van der Waals surface area contributed by atoms with Crippen molar-refractivity contribution in [2.24, 2.45) is 27.1 Å². The highest BCUT2D eigenvalue weighted by Gasteiger charge is 2.16. The Bertz CT molecular complexity index is 2580. The number of aryl methyl sites for hydroxylation is 2. The first-order valence-electron chi connectivity index (χ1n) is 27.2. The van der Waals surface area contributed by atoms with E-state index in [2.05, 4.69) is 320 Å². The van der Waals surface area contributed by atoms with Crippen LogP contribution in [0.25, 0.3) is 22.3 Å². The predicted octanol–water partition coefficient (Wildman–Crippen LogP) is 21.6. The van der Waals surface area contributed by atoms with Gasteiger partial charge in [0, 0.05) is 0 Å². The Morgan fingerprint density at radius 2 is 0.521 bits per heavy atom. The van der Waals surface area contributed by atoms with Gasteiger partial charge in [-0.2, -0.15) is 0 Å². The lowest BCUT2D eigenvalue weighted by atomic mass is 9.84. The third-order valence-corrected chi connectivity index (χ3v) is 12.0. The average Bonchev–Trinajstić information content (AvgIpc) is 3.27. The van der Waals surface area contributed by atoms with E-state index in [1.807, 2.05) is 0 Å². The molecule has 0 heterocycles. The first-order valence-corrected chi connectivity index (χ1v) is 27.2. The molecule has 0 heteroatoms. The summed E-state index contributed by atoms with van der Waals surface area (Å²) in [6, 6.07) is 65.3. The number of hydrogen-bond donors (Lipinski definition) is 0. The second kappa shape index (κ2) is 27.7. The van der Waals surface area contributed by atoms with Crippen molar-refractivity contribution in [3.05, 3.63) is 226 Å². The summed E-state index contributed by atoms with van der Waals surface area (Å²) >= 11 is 0. The molecule has 0 nitrogen and oxygen atoms in total. The molecule has 0 aliphatic carbocycles. The third-order valence-electron chi connectivity index (χ3n) is 12.0. The van der Waals surface area contributed by atoms with Crippen molar-refractivity contribution in [2.75, 3.05) is 0 Å². The molecule has 0 bridgehead atoms. The zero-order valence-electron chi connectivity index (χ0n) is 49.9. The van der Waals surface area contributed by atoms with Gasteiger partial charge in [0.1, 0.15) is 0 Å². The molecule has 0 aromatic heterocycles. The van der Waals surface area contributed by atoms with Crippen LogP contribution in [0.1, 0.15) is 169 Å². The summed E-state index contributed by atoms with van der Waals surface area (Å²) in [7, 11) is 0. The molecule has 0 aliphatic rings. The SMILES string of the molecule is CC(C)(C)Cc1ccc(-c2ccccc2)cc1.CC(C)(C)Cc1ccc(C(C)(C)C)cc1.CC(C)(C)Cc1cccc(-c2ccccc2)c1.CC(C)(C)Cc1ccccc1.Cc1ccc(CC(C)(C)C)cc1C. The molecule has 0 N–H and O–H groups in total. The quantitative estimate of drug-likeness (QED) is 0.149. The Morgan fingerprint density at radius 1 is 0.233 bits per heavy atom. The Morgan fingerprint density at radius 3 is 0.904 bits per heavy atom. The van der Waals surface area contributed by atoms with E-state index >= 15 is 0 Å². The summed E-state index contributed by atoms with van der Waals surface area (Å²) in [4.78, 5) is 0. The van der Waals surface area contributed by atoms with Gasteiger partial charge >= 0.3 is 0 Å². The highest BCUT2D eigenvalue weighted by molar-refractivity contribution is 5.64. The number of hydrogen-bond acceptors (Lipinski definition) is 0. The molecular weight excluding hydrogens is 877 g/mol. The van der Waals surface area contributed by atoms with E-state index in [0.29, 0.717) is 27.1 Å². The van der Waals surface area contributed by atoms with Crippen LogP contribution in [0, 0.1) is 40.9 Å². The predicted molar refractivity (Wildman–Crippen MR) is 327 cm³/mol. The lowest BCUT2D eigenvalue weighted by Crippen LogP contribution is -2.12. The van der Waals surface area contributed by atoms with Crippen LogP contribution in [-0.2, 0) is 37.5 Å². The van der Waals surface area contributed by atoms with Crippen LogP contribution in [0.3, 0.4) is 0 Å². The van der Waals surface area contributed by atoms with Crippen LogP contribution < -0.4 is 0 Å². The maximum absolute atomic E-state index is 2.31. The van der Waals surface area contributed by atoms with Crippen molar-refractivity contribution in [2.45, 2.75) is 176 Å². The Balaban J connectivity index is 0.000000243. The van der Waals surface area contributed by atoms with Gasteiger partial charge in [-0.3, -0.25) is 0 Å². The summed E-state index contributed by atoms with van der Waals surface area (Å²) in [5, 5.41) is 0. The molecule has 392 valence electrons. The zero-order valence-corrected chi connectivity index (χ0v) is 49.9. The van der Waals surface area contributed by atoms with E-state index in [1.165, 1.54) is 66.8 Å². The van der Waals surface area contributed by atoms with Crippen molar-refractivity contribution >= 4 is 0 Å². The van der Waals surface area contributed by atoms with Crippen LogP contribution in [0.5, 0.6) is 0 Å². The maximum Gasteiger partial charge on any atom is -0.0132 e. The maximum atomic E-state index is 2.31. The molecular formula is C73H100. The molecule has 0 unspecified atom stereocenters. The second-order valence-corrected chi connectivity index (χ2v) is 27.7. The summed E-state index contributed by atoms with van der Waals surface area (Å²) in [6.45, 7) is 45.3. The average molecular weight is 978 g/mol. The normalized spacial score (nSPS) is 11.8. The molecule has 0 atom stereocenters. The van der Waals surface area contributed by atoms with Crippen LogP contribution in [0.2, 0.25) is 0 Å². The molecule has 7 aromatic rings. The first-order chi connectivity index (χ1) is 33.7.